The zero-order valence-electron chi connectivity index (χ0n) is 23.7. The quantitative estimate of drug-likeness (QED) is 0.368. The highest BCUT2D eigenvalue weighted by atomic mass is 14.4. The van der Waals surface area contributed by atoms with Crippen LogP contribution in [0.2, 0.25) is 0 Å². The first-order valence-electron chi connectivity index (χ1n) is 13.3. The van der Waals surface area contributed by atoms with E-state index in [0.717, 1.165) is 12.8 Å². The monoisotopic (exact) mass is 454 g/mol. The lowest BCUT2D eigenvalue weighted by atomic mass is 9.71. The van der Waals surface area contributed by atoms with Crippen LogP contribution in [-0.4, -0.2) is 0 Å². The molecule has 0 radical (unpaired) electrons. The van der Waals surface area contributed by atoms with Crippen LogP contribution >= 0.6 is 0 Å². The maximum Gasteiger partial charge on any atom is 0.0115 e. The molecule has 0 aliphatic heterocycles. The summed E-state index contributed by atoms with van der Waals surface area (Å²) in [6.07, 6.45) is 8.30. The lowest BCUT2D eigenvalue weighted by molar-refractivity contribution is 0.440. The van der Waals surface area contributed by atoms with Crippen molar-refractivity contribution < 1.29 is 0 Å². The fourth-order valence-electron chi connectivity index (χ4n) is 5.54. The van der Waals surface area contributed by atoms with Crippen molar-refractivity contribution in [3.8, 4) is 11.1 Å². The number of benzene rings is 2. The van der Waals surface area contributed by atoms with Gasteiger partial charge in [0.15, 0.2) is 0 Å². The smallest absolute Gasteiger partial charge is 0.0115 e. The van der Waals surface area contributed by atoms with Gasteiger partial charge in [-0.05, 0) is 80.0 Å². The minimum absolute atomic E-state index is 0.00230. The molecule has 0 atom stereocenters. The van der Waals surface area contributed by atoms with Gasteiger partial charge in [0, 0.05) is 5.41 Å². The van der Waals surface area contributed by atoms with Gasteiger partial charge in [-0.1, -0.05) is 124 Å². The second kappa shape index (κ2) is 7.97. The summed E-state index contributed by atoms with van der Waals surface area (Å²) < 4.78 is 0. The second-order valence-corrected chi connectivity index (χ2v) is 14.0. The van der Waals surface area contributed by atoms with E-state index in [9.17, 15) is 0 Å². The van der Waals surface area contributed by atoms with Crippen LogP contribution in [0.1, 0.15) is 117 Å². The first kappa shape index (κ1) is 25.0. The van der Waals surface area contributed by atoms with Gasteiger partial charge in [0.2, 0.25) is 0 Å². The summed E-state index contributed by atoms with van der Waals surface area (Å²) in [5.41, 5.74) is 13.9. The third kappa shape index (κ3) is 4.23. The van der Waals surface area contributed by atoms with E-state index in [0.29, 0.717) is 0 Å². The lowest BCUT2D eigenvalue weighted by Crippen LogP contribution is -2.23. The van der Waals surface area contributed by atoms with Crippen LogP contribution in [0, 0.1) is 5.41 Å². The predicted molar refractivity (Wildman–Crippen MR) is 150 cm³/mol. The van der Waals surface area contributed by atoms with Crippen LogP contribution in [0.4, 0.5) is 0 Å². The number of fused-ring (bicyclic) bond motifs is 3. The van der Waals surface area contributed by atoms with Crippen LogP contribution < -0.4 is 0 Å². The summed E-state index contributed by atoms with van der Waals surface area (Å²) in [6.45, 7) is 26.0. The van der Waals surface area contributed by atoms with E-state index in [2.05, 4.69) is 119 Å². The summed E-state index contributed by atoms with van der Waals surface area (Å²) in [5.74, 6) is 0. The molecule has 0 N–H and O–H groups in total. The van der Waals surface area contributed by atoms with E-state index in [1.165, 1.54) is 45.4 Å². The molecule has 182 valence electrons. The SMILES string of the molecule is CCC(C)(C)C1=CCC(C(C)(C)c2cc(C(C)(C)C)cc3c2Cc2ccc(C(C)(C)C)cc2-3)=C1. The lowest BCUT2D eigenvalue weighted by Gasteiger charge is -2.33. The van der Waals surface area contributed by atoms with Gasteiger partial charge in [0.05, 0.1) is 0 Å². The maximum atomic E-state index is 2.54. The Bertz CT molecular complexity index is 1180. The molecule has 0 aromatic heterocycles. The Morgan fingerprint density at radius 3 is 1.94 bits per heavy atom. The zero-order chi connectivity index (χ0) is 25.3. The number of rotatable bonds is 4. The molecule has 0 saturated heterocycles. The summed E-state index contributed by atoms with van der Waals surface area (Å²) >= 11 is 0. The average molecular weight is 455 g/mol. The number of hydrogen-bond acceptors (Lipinski definition) is 0. The molecule has 0 bridgehead atoms. The van der Waals surface area contributed by atoms with Crippen LogP contribution in [-0.2, 0) is 22.7 Å². The molecule has 2 aromatic carbocycles. The van der Waals surface area contributed by atoms with Gasteiger partial charge >= 0.3 is 0 Å². The molecule has 2 aliphatic carbocycles. The van der Waals surface area contributed by atoms with Crippen LogP contribution in [0.3, 0.4) is 0 Å². The Kier molecular flexibility index (Phi) is 5.87. The van der Waals surface area contributed by atoms with Gasteiger partial charge in [-0.3, -0.25) is 0 Å². The Balaban J connectivity index is 1.89. The average Bonchev–Trinajstić information content (AvgIpc) is 3.37. The van der Waals surface area contributed by atoms with Gasteiger partial charge < -0.3 is 0 Å². The maximum absolute atomic E-state index is 2.54. The molecule has 0 heterocycles. The van der Waals surface area contributed by atoms with E-state index in [-0.39, 0.29) is 21.7 Å². The van der Waals surface area contributed by atoms with Crippen molar-refractivity contribution in [1.82, 2.24) is 0 Å². The van der Waals surface area contributed by atoms with Crippen LogP contribution in [0.25, 0.3) is 11.1 Å². The van der Waals surface area contributed by atoms with E-state index in [1.807, 2.05) is 0 Å². The number of hydrogen-bond donors (Lipinski definition) is 0. The molecule has 2 aliphatic rings. The highest BCUT2D eigenvalue weighted by Crippen LogP contribution is 2.49. The predicted octanol–water partition coefficient (Wildman–Crippen LogP) is 9.82. The van der Waals surface area contributed by atoms with Gasteiger partial charge in [-0.2, -0.15) is 0 Å². The van der Waals surface area contributed by atoms with Gasteiger partial charge in [-0.25, -0.2) is 0 Å². The summed E-state index contributed by atoms with van der Waals surface area (Å²) in [4.78, 5) is 0. The van der Waals surface area contributed by atoms with Crippen molar-refractivity contribution in [3.05, 3.63) is 81.4 Å². The molecule has 0 heteroatoms. The highest BCUT2D eigenvalue weighted by Gasteiger charge is 2.36. The van der Waals surface area contributed by atoms with Gasteiger partial charge in [-0.15, -0.1) is 0 Å². The molecule has 0 unspecified atom stereocenters. The summed E-state index contributed by atoms with van der Waals surface area (Å²) in [7, 11) is 0. The van der Waals surface area contributed by atoms with E-state index in [4.69, 9.17) is 0 Å². The topological polar surface area (TPSA) is 0 Å². The molecular weight excluding hydrogens is 408 g/mol. The Morgan fingerprint density at radius 2 is 1.35 bits per heavy atom. The van der Waals surface area contributed by atoms with Crippen molar-refractivity contribution in [2.45, 2.75) is 112 Å². The fourth-order valence-corrected chi connectivity index (χ4v) is 5.54. The van der Waals surface area contributed by atoms with Gasteiger partial charge in [0.1, 0.15) is 0 Å². The van der Waals surface area contributed by atoms with E-state index < -0.39 is 0 Å². The molecule has 4 rings (SSSR count). The molecule has 0 amide bonds. The van der Waals surface area contributed by atoms with Crippen molar-refractivity contribution >= 4 is 0 Å². The minimum atomic E-state index is 0.00230. The normalized spacial score (nSPS) is 16.3. The Morgan fingerprint density at radius 1 is 0.735 bits per heavy atom. The van der Waals surface area contributed by atoms with Crippen molar-refractivity contribution in [3.63, 3.8) is 0 Å². The zero-order valence-corrected chi connectivity index (χ0v) is 23.7. The molecule has 0 fully saturated rings. The molecule has 34 heavy (non-hydrogen) atoms. The molecule has 0 saturated carbocycles. The van der Waals surface area contributed by atoms with Crippen molar-refractivity contribution in [1.29, 1.82) is 0 Å². The molecule has 0 spiro atoms. The minimum Gasteiger partial charge on any atom is -0.0767 e. The first-order chi connectivity index (χ1) is 15.6. The standard InChI is InChI=1S/C34H46/c1-12-33(8,9)24-15-16-25(18-24)34(10,11)30-21-26(32(5,6)7)20-28-27-19-23(31(2,3)4)14-13-22(27)17-29(28)30/h13-15,18-21H,12,16-17H2,1-11H3. The van der Waals surface area contributed by atoms with Crippen molar-refractivity contribution in [2.24, 2.45) is 5.41 Å². The molecule has 0 nitrogen and oxygen atoms in total. The molecule has 2 aromatic rings. The third-order valence-corrected chi connectivity index (χ3v) is 8.76. The molecular formula is C34H46. The van der Waals surface area contributed by atoms with Crippen LogP contribution in [0.15, 0.2) is 53.6 Å². The highest BCUT2D eigenvalue weighted by molar-refractivity contribution is 5.80. The third-order valence-electron chi connectivity index (χ3n) is 8.76. The Labute approximate surface area is 209 Å². The van der Waals surface area contributed by atoms with E-state index >= 15 is 0 Å². The van der Waals surface area contributed by atoms with Crippen LogP contribution in [0.5, 0.6) is 0 Å². The Hall–Kier alpha value is -2.08. The van der Waals surface area contributed by atoms with Gasteiger partial charge in [0.25, 0.3) is 0 Å². The fraction of sp³-hybridized carbons (Fsp3) is 0.529. The second-order valence-electron chi connectivity index (χ2n) is 14.0. The summed E-state index contributed by atoms with van der Waals surface area (Å²) in [5, 5.41) is 0. The van der Waals surface area contributed by atoms with E-state index in [1.54, 1.807) is 11.1 Å². The largest absolute Gasteiger partial charge is 0.0767 e. The first-order valence-corrected chi connectivity index (χ1v) is 13.3. The summed E-state index contributed by atoms with van der Waals surface area (Å²) in [6, 6.07) is 12.3. The van der Waals surface area contributed by atoms with Crippen molar-refractivity contribution in [2.75, 3.05) is 0 Å². The number of allylic oxidation sites excluding steroid dienone is 4.